The minimum absolute atomic E-state index is 0.00329. The largest absolute Gasteiger partial charge is 0.339 e. The van der Waals surface area contributed by atoms with E-state index in [1.807, 2.05) is 0 Å². The van der Waals surface area contributed by atoms with Crippen LogP contribution in [0.1, 0.15) is 16.8 Å². The molecule has 0 radical (unpaired) electrons. The number of nitrogens with zero attached hydrogens (tertiary/aromatic N) is 3. The second kappa shape index (κ2) is 8.67. The molecule has 0 aliphatic carbocycles. The lowest BCUT2D eigenvalue weighted by atomic mass is 10.2. The van der Waals surface area contributed by atoms with E-state index in [1.165, 1.54) is 11.0 Å². The Hall–Kier alpha value is -2.34. The molecule has 0 bridgehead atoms. The monoisotopic (exact) mass is 363 g/mol. The Morgan fingerprint density at radius 3 is 2.48 bits per heavy atom. The van der Waals surface area contributed by atoms with Gasteiger partial charge in [-0.3, -0.25) is 14.4 Å². The van der Waals surface area contributed by atoms with Crippen LogP contribution >= 0.6 is 11.6 Å². The molecule has 1 aromatic carbocycles. The molecule has 1 aromatic rings. The first-order valence-electron chi connectivity index (χ1n) is 8.13. The summed E-state index contributed by atoms with van der Waals surface area (Å²) in [5.41, 5.74) is 0.472. The first kappa shape index (κ1) is 19.0. The Morgan fingerprint density at radius 1 is 1.16 bits per heavy atom. The molecule has 0 saturated carbocycles. The van der Waals surface area contributed by atoms with Gasteiger partial charge in [-0.15, -0.1) is 0 Å². The van der Waals surface area contributed by atoms with E-state index in [-0.39, 0.29) is 24.3 Å². The van der Waals surface area contributed by atoms with Gasteiger partial charge in [0.05, 0.1) is 17.1 Å². The van der Waals surface area contributed by atoms with Crippen molar-refractivity contribution in [2.75, 3.05) is 39.8 Å². The third kappa shape index (κ3) is 4.82. The minimum atomic E-state index is -0.293. The Kier molecular flexibility index (Phi) is 6.58. The fourth-order valence-corrected chi connectivity index (χ4v) is 2.93. The van der Waals surface area contributed by atoms with Crippen molar-refractivity contribution in [3.05, 3.63) is 47.5 Å². The van der Waals surface area contributed by atoms with Crippen LogP contribution in [0.3, 0.4) is 0 Å². The van der Waals surface area contributed by atoms with Gasteiger partial charge in [0.2, 0.25) is 11.8 Å². The van der Waals surface area contributed by atoms with E-state index in [1.54, 1.807) is 41.1 Å². The lowest BCUT2D eigenvalue weighted by Crippen LogP contribution is -2.42. The van der Waals surface area contributed by atoms with Gasteiger partial charge < -0.3 is 14.7 Å². The lowest BCUT2D eigenvalue weighted by molar-refractivity contribution is -0.137. The molecule has 3 amide bonds. The van der Waals surface area contributed by atoms with Gasteiger partial charge in [0.1, 0.15) is 0 Å². The zero-order chi connectivity index (χ0) is 18.4. The molecule has 6 nitrogen and oxygen atoms in total. The molecule has 25 heavy (non-hydrogen) atoms. The molecule has 0 aromatic heterocycles. The summed E-state index contributed by atoms with van der Waals surface area (Å²) in [7, 11) is 1.56. The molecular weight excluding hydrogens is 342 g/mol. The van der Waals surface area contributed by atoms with Gasteiger partial charge >= 0.3 is 0 Å². The Morgan fingerprint density at radius 2 is 1.80 bits per heavy atom. The van der Waals surface area contributed by atoms with Crippen LogP contribution < -0.4 is 0 Å². The first-order valence-corrected chi connectivity index (χ1v) is 8.51. The number of benzene rings is 1. The number of amides is 3. The van der Waals surface area contributed by atoms with E-state index < -0.39 is 0 Å². The van der Waals surface area contributed by atoms with E-state index >= 15 is 0 Å². The highest BCUT2D eigenvalue weighted by atomic mass is 35.5. The van der Waals surface area contributed by atoms with Crippen molar-refractivity contribution in [1.29, 1.82) is 0 Å². The molecule has 0 unspecified atom stereocenters. The maximum Gasteiger partial charge on any atom is 0.255 e. The average Bonchev–Trinajstić information content (AvgIpc) is 2.87. The van der Waals surface area contributed by atoms with Crippen molar-refractivity contribution in [1.82, 2.24) is 14.7 Å². The van der Waals surface area contributed by atoms with E-state index in [0.29, 0.717) is 43.2 Å². The topological polar surface area (TPSA) is 60.9 Å². The smallest absolute Gasteiger partial charge is 0.255 e. The molecule has 0 N–H and O–H groups in total. The standard InChI is InChI=1S/C18H22ClN3O3/c1-3-16(23)20(2)13-17(24)21-9-6-10-22(12-11-21)18(25)14-7-4-5-8-15(14)19/h3-5,7-8H,1,6,9-13H2,2H3. The van der Waals surface area contributed by atoms with Crippen molar-refractivity contribution in [2.45, 2.75) is 6.42 Å². The van der Waals surface area contributed by atoms with Crippen LogP contribution in [-0.4, -0.2) is 72.2 Å². The van der Waals surface area contributed by atoms with Crippen LogP contribution in [0.25, 0.3) is 0 Å². The molecule has 1 aliphatic rings. The maximum atomic E-state index is 12.6. The predicted molar refractivity (Wildman–Crippen MR) is 96.4 cm³/mol. The van der Waals surface area contributed by atoms with Crippen LogP contribution in [0.5, 0.6) is 0 Å². The fourth-order valence-electron chi connectivity index (χ4n) is 2.71. The van der Waals surface area contributed by atoms with Gasteiger partial charge in [0, 0.05) is 33.2 Å². The normalized spacial score (nSPS) is 14.6. The van der Waals surface area contributed by atoms with Crippen LogP contribution in [0.4, 0.5) is 0 Å². The molecule has 0 atom stereocenters. The fraction of sp³-hybridized carbons (Fsp3) is 0.389. The lowest BCUT2D eigenvalue weighted by Gasteiger charge is -2.24. The van der Waals surface area contributed by atoms with Gasteiger partial charge in [-0.05, 0) is 24.6 Å². The molecule has 134 valence electrons. The number of hydrogen-bond donors (Lipinski definition) is 0. The predicted octanol–water partition coefficient (Wildman–Crippen LogP) is 1.66. The number of carbonyl (C=O) groups excluding carboxylic acids is 3. The minimum Gasteiger partial charge on any atom is -0.339 e. The van der Waals surface area contributed by atoms with Crippen LogP contribution in [0.15, 0.2) is 36.9 Å². The summed E-state index contributed by atoms with van der Waals surface area (Å²) in [4.78, 5) is 41.2. The third-order valence-electron chi connectivity index (χ3n) is 4.16. The zero-order valence-electron chi connectivity index (χ0n) is 14.3. The Bertz CT molecular complexity index is 677. The van der Waals surface area contributed by atoms with Crippen LogP contribution in [0, 0.1) is 0 Å². The summed E-state index contributed by atoms with van der Waals surface area (Å²) in [5, 5.41) is 0.425. The van der Waals surface area contributed by atoms with Gasteiger partial charge in [-0.1, -0.05) is 30.3 Å². The van der Waals surface area contributed by atoms with E-state index in [0.717, 1.165) is 0 Å². The molecular formula is C18H22ClN3O3. The molecule has 2 rings (SSSR count). The maximum absolute atomic E-state index is 12.6. The summed E-state index contributed by atoms with van der Waals surface area (Å²) in [5.74, 6) is -0.553. The number of carbonyl (C=O) groups is 3. The van der Waals surface area contributed by atoms with Crippen LogP contribution in [-0.2, 0) is 9.59 Å². The zero-order valence-corrected chi connectivity index (χ0v) is 15.0. The summed E-state index contributed by atoms with van der Waals surface area (Å²) < 4.78 is 0. The van der Waals surface area contributed by atoms with E-state index in [2.05, 4.69) is 6.58 Å². The van der Waals surface area contributed by atoms with Crippen LogP contribution in [0.2, 0.25) is 5.02 Å². The van der Waals surface area contributed by atoms with E-state index in [4.69, 9.17) is 11.6 Å². The number of halogens is 1. The summed E-state index contributed by atoms with van der Waals surface area (Å²) in [6.07, 6.45) is 1.86. The molecule has 0 spiro atoms. The van der Waals surface area contributed by atoms with Crippen molar-refractivity contribution < 1.29 is 14.4 Å². The van der Waals surface area contributed by atoms with E-state index in [9.17, 15) is 14.4 Å². The molecule has 1 fully saturated rings. The Balaban J connectivity index is 1.97. The second-order valence-electron chi connectivity index (χ2n) is 5.90. The quantitative estimate of drug-likeness (QED) is 0.764. The third-order valence-corrected chi connectivity index (χ3v) is 4.49. The van der Waals surface area contributed by atoms with Crippen molar-refractivity contribution in [3.8, 4) is 0 Å². The summed E-state index contributed by atoms with van der Waals surface area (Å²) >= 11 is 6.10. The molecule has 1 aliphatic heterocycles. The first-order chi connectivity index (χ1) is 11.9. The average molecular weight is 364 g/mol. The molecule has 1 heterocycles. The SMILES string of the molecule is C=CC(=O)N(C)CC(=O)N1CCCN(C(=O)c2ccccc2Cl)CC1. The number of likely N-dealkylation sites (N-methyl/N-ethyl adjacent to an activating group) is 1. The molecule has 1 saturated heterocycles. The van der Waals surface area contributed by atoms with Crippen molar-refractivity contribution >= 4 is 29.3 Å². The van der Waals surface area contributed by atoms with Gasteiger partial charge in [0.25, 0.3) is 5.91 Å². The van der Waals surface area contributed by atoms with Gasteiger partial charge in [-0.25, -0.2) is 0 Å². The Labute approximate surface area is 152 Å². The van der Waals surface area contributed by atoms with Crippen molar-refractivity contribution in [2.24, 2.45) is 0 Å². The summed E-state index contributed by atoms with van der Waals surface area (Å²) in [6.45, 7) is 5.41. The number of hydrogen-bond acceptors (Lipinski definition) is 3. The highest BCUT2D eigenvalue weighted by molar-refractivity contribution is 6.33. The van der Waals surface area contributed by atoms with Gasteiger partial charge in [-0.2, -0.15) is 0 Å². The highest BCUT2D eigenvalue weighted by Gasteiger charge is 2.24. The number of rotatable bonds is 4. The molecule has 7 heteroatoms. The second-order valence-corrected chi connectivity index (χ2v) is 6.31. The highest BCUT2D eigenvalue weighted by Crippen LogP contribution is 2.18. The van der Waals surface area contributed by atoms with Crippen molar-refractivity contribution in [3.63, 3.8) is 0 Å². The van der Waals surface area contributed by atoms with Gasteiger partial charge in [0.15, 0.2) is 0 Å². The summed E-state index contributed by atoms with van der Waals surface area (Å²) in [6, 6.07) is 6.95.